The van der Waals surface area contributed by atoms with Gasteiger partial charge in [0.05, 0.1) is 22.1 Å². The first-order valence-corrected chi connectivity index (χ1v) is 20.0. The fourth-order valence-electron chi connectivity index (χ4n) is 5.45. The molecule has 0 aliphatic rings. The molecule has 0 radical (unpaired) electrons. The second-order valence-electron chi connectivity index (χ2n) is 12.5. The molecule has 0 unspecified atom stereocenters. The minimum Gasteiger partial charge on any atom is -0.378 e. The molecule has 0 aliphatic carbocycles. The zero-order chi connectivity index (χ0) is 40.4. The van der Waals surface area contributed by atoms with E-state index < -0.39 is 4.92 Å². The van der Waals surface area contributed by atoms with Gasteiger partial charge in [0.2, 0.25) is 5.91 Å². The summed E-state index contributed by atoms with van der Waals surface area (Å²) in [6.07, 6.45) is 0. The van der Waals surface area contributed by atoms with Crippen molar-refractivity contribution >= 4 is 68.1 Å². The van der Waals surface area contributed by atoms with E-state index in [4.69, 9.17) is 0 Å². The number of rotatable bonds is 14. The second-order valence-corrected chi connectivity index (χ2v) is 15.2. The number of anilines is 2. The lowest BCUT2D eigenvalue weighted by Crippen LogP contribution is -2.14. The van der Waals surface area contributed by atoms with Crippen LogP contribution in [0.5, 0.6) is 0 Å². The molecular formula is C38H39BrN10O5S2. The average molecular weight is 860 g/mol. The molecule has 18 heteroatoms. The molecule has 0 bridgehead atoms. The maximum atomic E-state index is 12.2. The van der Waals surface area contributed by atoms with Gasteiger partial charge in [-0.05, 0) is 57.0 Å². The van der Waals surface area contributed by atoms with Gasteiger partial charge in [0.1, 0.15) is 0 Å². The van der Waals surface area contributed by atoms with E-state index in [0.29, 0.717) is 34.5 Å². The molecular weight excluding hydrogens is 821 g/mol. The van der Waals surface area contributed by atoms with Crippen molar-refractivity contribution in [3.05, 3.63) is 138 Å². The molecule has 1 amide bonds. The Morgan fingerprint density at radius 3 is 2.25 bits per heavy atom. The Balaban J connectivity index is 0.000000214. The van der Waals surface area contributed by atoms with Crippen LogP contribution in [0.25, 0.3) is 11.4 Å². The number of nitro benzene ring substituents is 2. The maximum Gasteiger partial charge on any atom is 0.274 e. The third kappa shape index (κ3) is 10.8. The van der Waals surface area contributed by atoms with Gasteiger partial charge in [-0.15, -0.1) is 20.4 Å². The number of amides is 1. The third-order valence-electron chi connectivity index (χ3n) is 8.42. The molecule has 2 N–H and O–H groups in total. The average Bonchev–Trinajstić information content (AvgIpc) is 3.75. The largest absolute Gasteiger partial charge is 0.378 e. The molecule has 0 atom stereocenters. The van der Waals surface area contributed by atoms with E-state index in [1.54, 1.807) is 43.0 Å². The zero-order valence-electron chi connectivity index (χ0n) is 31.2. The molecule has 0 fully saturated rings. The number of carbonyl (C=O) groups is 1. The highest BCUT2D eigenvalue weighted by atomic mass is 79.9. The number of aromatic nitrogens is 6. The summed E-state index contributed by atoms with van der Waals surface area (Å²) in [5.74, 6) is 2.07. The number of hydrogen-bond acceptors (Lipinski definition) is 12. The normalized spacial score (nSPS) is 10.8. The van der Waals surface area contributed by atoms with Gasteiger partial charge in [0.25, 0.3) is 11.4 Å². The topological polar surface area (TPSA) is 189 Å². The molecule has 6 rings (SSSR count). The van der Waals surface area contributed by atoms with Crippen molar-refractivity contribution in [2.45, 2.75) is 56.9 Å². The minimum atomic E-state index is -0.470. The molecule has 4 aromatic carbocycles. The van der Waals surface area contributed by atoms with E-state index in [2.05, 4.69) is 90.5 Å². The van der Waals surface area contributed by atoms with E-state index in [0.717, 1.165) is 38.8 Å². The number of halogens is 1. The van der Waals surface area contributed by atoms with Gasteiger partial charge in [-0.25, -0.2) is 0 Å². The van der Waals surface area contributed by atoms with Crippen molar-refractivity contribution in [2.75, 3.05) is 16.4 Å². The van der Waals surface area contributed by atoms with Gasteiger partial charge in [0.15, 0.2) is 22.0 Å². The fourth-order valence-corrected chi connectivity index (χ4v) is 7.60. The van der Waals surface area contributed by atoms with Crippen molar-refractivity contribution in [1.29, 1.82) is 0 Å². The molecule has 15 nitrogen and oxygen atoms in total. The monoisotopic (exact) mass is 858 g/mol. The van der Waals surface area contributed by atoms with E-state index in [-0.39, 0.29) is 28.0 Å². The van der Waals surface area contributed by atoms with Gasteiger partial charge in [-0.3, -0.25) is 25.0 Å². The van der Waals surface area contributed by atoms with Crippen molar-refractivity contribution in [3.8, 4) is 11.4 Å². The minimum absolute atomic E-state index is 0.0307. The summed E-state index contributed by atoms with van der Waals surface area (Å²) in [5.41, 5.74) is 6.45. The Kier molecular flexibility index (Phi) is 14.3. The highest BCUT2D eigenvalue weighted by Crippen LogP contribution is 2.29. The fraction of sp³-hybridized carbons (Fsp3) is 0.237. The number of benzene rings is 4. The summed E-state index contributed by atoms with van der Waals surface area (Å²) in [7, 11) is 1.83. The Labute approximate surface area is 340 Å². The molecule has 0 saturated carbocycles. The van der Waals surface area contributed by atoms with Crippen LogP contribution in [0.15, 0.2) is 99.7 Å². The molecule has 290 valence electrons. The van der Waals surface area contributed by atoms with Crippen LogP contribution in [0.2, 0.25) is 0 Å². The maximum absolute atomic E-state index is 12.2. The van der Waals surface area contributed by atoms with Crippen molar-refractivity contribution in [2.24, 2.45) is 7.05 Å². The van der Waals surface area contributed by atoms with Gasteiger partial charge in [-0.1, -0.05) is 93.5 Å². The van der Waals surface area contributed by atoms with Crippen LogP contribution in [-0.2, 0) is 30.7 Å². The third-order valence-corrected chi connectivity index (χ3v) is 11.2. The van der Waals surface area contributed by atoms with E-state index in [9.17, 15) is 25.0 Å². The predicted molar refractivity (Wildman–Crippen MR) is 223 cm³/mol. The van der Waals surface area contributed by atoms with Gasteiger partial charge < -0.3 is 19.8 Å². The number of hydrogen-bond donors (Lipinski definition) is 2. The van der Waals surface area contributed by atoms with Crippen LogP contribution in [0, 0.1) is 41.0 Å². The summed E-state index contributed by atoms with van der Waals surface area (Å²) >= 11 is 6.31. The van der Waals surface area contributed by atoms with E-state index in [1.165, 1.54) is 41.1 Å². The SMILES string of the molecule is CCn1c(CNc2ccc(C)cc2C)nnc1SCc1ccc([N+](=O)[O-])cc1.Cc1ccc(NC(=O)CSc2nnc(-c3ccccc3Br)n2C)cc1[N+](=O)[O-]. The highest BCUT2D eigenvalue weighted by Gasteiger charge is 2.17. The lowest BCUT2D eigenvalue weighted by molar-refractivity contribution is -0.385. The number of nitrogens with zero attached hydrogens (tertiary/aromatic N) is 8. The van der Waals surface area contributed by atoms with E-state index >= 15 is 0 Å². The van der Waals surface area contributed by atoms with Gasteiger partial charge in [-0.2, -0.15) is 0 Å². The zero-order valence-corrected chi connectivity index (χ0v) is 34.4. The lowest BCUT2D eigenvalue weighted by atomic mass is 10.1. The molecule has 56 heavy (non-hydrogen) atoms. The standard InChI is InChI=1S/C20H23N5O2S.C18H16BrN5O3S/c1-4-24-19(12-21-18-10-5-14(2)11-15(18)3)22-23-20(24)28-13-16-6-8-17(9-7-16)25(26)27;1-11-7-8-12(9-15(11)24(26)27)20-16(25)10-28-18-22-21-17(23(18)2)13-5-3-4-6-14(13)19/h5-11,21H,4,12-13H2,1-3H3;3-9H,10H2,1-2H3,(H,20,25). The first-order chi connectivity index (χ1) is 26.8. The van der Waals surface area contributed by atoms with Crippen LogP contribution >= 0.6 is 39.5 Å². The van der Waals surface area contributed by atoms with E-state index in [1.807, 2.05) is 35.9 Å². The molecule has 2 aromatic heterocycles. The predicted octanol–water partition coefficient (Wildman–Crippen LogP) is 8.92. The Morgan fingerprint density at radius 2 is 1.57 bits per heavy atom. The van der Waals surface area contributed by atoms with Gasteiger partial charge in [0, 0.05) is 64.5 Å². The number of non-ortho nitro benzene ring substituents is 1. The first kappa shape index (κ1) is 41.6. The van der Waals surface area contributed by atoms with Crippen LogP contribution in [0.1, 0.15) is 35.0 Å². The Morgan fingerprint density at radius 1 is 0.839 bits per heavy atom. The molecule has 6 aromatic rings. The van der Waals surface area contributed by atoms with Crippen molar-refractivity contribution < 1.29 is 14.6 Å². The van der Waals surface area contributed by atoms with Crippen LogP contribution in [0.4, 0.5) is 22.7 Å². The Bertz CT molecular complexity index is 2350. The highest BCUT2D eigenvalue weighted by molar-refractivity contribution is 9.10. The summed E-state index contributed by atoms with van der Waals surface area (Å²) in [4.78, 5) is 33.1. The summed E-state index contributed by atoms with van der Waals surface area (Å²) in [6, 6.07) is 25.2. The van der Waals surface area contributed by atoms with Crippen molar-refractivity contribution in [3.63, 3.8) is 0 Å². The second kappa shape index (κ2) is 19.3. The smallest absolute Gasteiger partial charge is 0.274 e. The first-order valence-electron chi connectivity index (χ1n) is 17.3. The number of nitrogens with one attached hydrogen (secondary N) is 2. The summed E-state index contributed by atoms with van der Waals surface area (Å²) in [5, 5.41) is 46.3. The lowest BCUT2D eigenvalue weighted by Gasteiger charge is -2.11. The molecule has 2 heterocycles. The van der Waals surface area contributed by atoms with Crippen LogP contribution < -0.4 is 10.6 Å². The van der Waals surface area contributed by atoms with Crippen LogP contribution in [0.3, 0.4) is 0 Å². The molecule has 0 aliphatic heterocycles. The number of thioether (sulfide) groups is 2. The van der Waals surface area contributed by atoms with Crippen molar-refractivity contribution in [1.82, 2.24) is 29.5 Å². The number of aryl methyl sites for hydroxylation is 3. The summed E-state index contributed by atoms with van der Waals surface area (Å²) in [6.45, 7) is 9.27. The van der Waals surface area contributed by atoms with Crippen LogP contribution in [-0.4, -0.2) is 51.0 Å². The molecule has 0 saturated heterocycles. The Hall–Kier alpha value is -5.59. The summed E-state index contributed by atoms with van der Waals surface area (Å²) < 4.78 is 4.81. The quantitative estimate of drug-likeness (QED) is 0.0602. The molecule has 0 spiro atoms. The number of nitro groups is 2. The number of carbonyl (C=O) groups excluding carboxylic acids is 1. The van der Waals surface area contributed by atoms with Gasteiger partial charge >= 0.3 is 0 Å².